The van der Waals surface area contributed by atoms with Crippen LogP contribution in [0.4, 0.5) is 0 Å². The maximum atomic E-state index is 11.6. The number of ether oxygens (including phenoxy) is 2. The van der Waals surface area contributed by atoms with Crippen molar-refractivity contribution in [3.05, 3.63) is 48.6 Å². The molecule has 0 atom stereocenters. The lowest BCUT2D eigenvalue weighted by Gasteiger charge is -2.09. The number of rotatable bonds is 7. The second-order valence-electron chi connectivity index (χ2n) is 4.04. The number of benzene rings is 1. The van der Waals surface area contributed by atoms with Gasteiger partial charge in [-0.25, -0.2) is 10.4 Å². The third kappa shape index (κ3) is 3.92. The highest BCUT2D eigenvalue weighted by Gasteiger charge is 2.07. The van der Waals surface area contributed by atoms with Gasteiger partial charge in [0, 0.05) is 0 Å². The van der Waals surface area contributed by atoms with Gasteiger partial charge in [-0.15, -0.1) is 0 Å². The molecule has 8 heteroatoms. The molecule has 0 fully saturated rings. The van der Waals surface area contributed by atoms with Crippen LogP contribution in [-0.4, -0.2) is 41.0 Å². The van der Waals surface area contributed by atoms with Crippen LogP contribution in [0.15, 0.2) is 42.3 Å². The summed E-state index contributed by atoms with van der Waals surface area (Å²) in [7, 11) is 1.54. The van der Waals surface area contributed by atoms with Crippen LogP contribution in [0.1, 0.15) is 16.2 Å². The van der Waals surface area contributed by atoms with Crippen molar-refractivity contribution >= 4 is 12.1 Å². The number of hydrogen-bond donors (Lipinski definition) is 2. The van der Waals surface area contributed by atoms with Crippen LogP contribution in [-0.2, 0) is 0 Å². The molecule has 2 N–H and O–H groups in total. The standard InChI is InChI=1S/C14H15N5O3/c1-3-6-22-11-5-4-10(7-12(11)21-2)8-16-19-14(20)13-15-9-17-18-13/h3-5,7-9H,1,6H2,2H3,(H,19,20)(H,15,17,18). The first-order chi connectivity index (χ1) is 10.7. The zero-order chi connectivity index (χ0) is 15.8. The lowest BCUT2D eigenvalue weighted by molar-refractivity contribution is 0.0945. The summed E-state index contributed by atoms with van der Waals surface area (Å²) in [5.74, 6) is 0.771. The van der Waals surface area contributed by atoms with E-state index in [0.29, 0.717) is 18.1 Å². The third-order valence-corrected chi connectivity index (χ3v) is 2.55. The number of H-pyrrole nitrogens is 1. The van der Waals surface area contributed by atoms with Crippen molar-refractivity contribution in [1.82, 2.24) is 20.6 Å². The van der Waals surface area contributed by atoms with Gasteiger partial charge in [0.05, 0.1) is 13.3 Å². The number of hydrogen-bond acceptors (Lipinski definition) is 6. The molecule has 0 aliphatic heterocycles. The molecule has 2 rings (SSSR count). The van der Waals surface area contributed by atoms with Gasteiger partial charge in [-0.3, -0.25) is 9.89 Å². The van der Waals surface area contributed by atoms with E-state index >= 15 is 0 Å². The summed E-state index contributed by atoms with van der Waals surface area (Å²) in [6, 6.07) is 5.27. The Balaban J connectivity index is 2.01. The summed E-state index contributed by atoms with van der Waals surface area (Å²) in [5.41, 5.74) is 3.07. The largest absolute Gasteiger partial charge is 0.493 e. The molecule has 8 nitrogen and oxygen atoms in total. The van der Waals surface area contributed by atoms with Gasteiger partial charge in [-0.1, -0.05) is 12.7 Å². The smallest absolute Gasteiger partial charge is 0.308 e. The number of aromatic nitrogens is 3. The lowest BCUT2D eigenvalue weighted by atomic mass is 10.2. The molecule has 0 spiro atoms. The van der Waals surface area contributed by atoms with Crippen molar-refractivity contribution in [2.75, 3.05) is 13.7 Å². The van der Waals surface area contributed by atoms with Gasteiger partial charge < -0.3 is 9.47 Å². The lowest BCUT2D eigenvalue weighted by Crippen LogP contribution is -2.19. The third-order valence-electron chi connectivity index (χ3n) is 2.55. The number of amides is 1. The molecule has 0 unspecified atom stereocenters. The van der Waals surface area contributed by atoms with Crippen molar-refractivity contribution in [3.63, 3.8) is 0 Å². The van der Waals surface area contributed by atoms with Crippen molar-refractivity contribution in [2.45, 2.75) is 0 Å². The predicted octanol–water partition coefficient (Wildman–Crippen LogP) is 1.14. The summed E-state index contributed by atoms with van der Waals surface area (Å²) in [5, 5.41) is 9.86. The number of aromatic amines is 1. The summed E-state index contributed by atoms with van der Waals surface area (Å²) in [6.45, 7) is 3.97. The Bertz CT molecular complexity index is 667. The molecule has 0 bridgehead atoms. The van der Waals surface area contributed by atoms with E-state index in [1.165, 1.54) is 12.5 Å². The van der Waals surface area contributed by atoms with Crippen LogP contribution < -0.4 is 14.9 Å². The van der Waals surface area contributed by atoms with E-state index in [1.54, 1.807) is 31.4 Å². The first-order valence-electron chi connectivity index (χ1n) is 6.35. The molecular weight excluding hydrogens is 286 g/mol. The molecule has 1 aromatic heterocycles. The van der Waals surface area contributed by atoms with E-state index in [2.05, 4.69) is 32.3 Å². The molecule has 0 radical (unpaired) electrons. The fourth-order valence-electron chi connectivity index (χ4n) is 1.57. The Morgan fingerprint density at radius 1 is 1.50 bits per heavy atom. The van der Waals surface area contributed by atoms with E-state index in [9.17, 15) is 4.79 Å². The number of nitrogens with zero attached hydrogens (tertiary/aromatic N) is 3. The second kappa shape index (κ2) is 7.58. The molecule has 0 aliphatic rings. The summed E-state index contributed by atoms with van der Waals surface area (Å²) >= 11 is 0. The van der Waals surface area contributed by atoms with Gasteiger partial charge in [-0.2, -0.15) is 10.2 Å². The second-order valence-corrected chi connectivity index (χ2v) is 4.04. The van der Waals surface area contributed by atoms with E-state index in [1.807, 2.05) is 0 Å². The van der Waals surface area contributed by atoms with Gasteiger partial charge in [0.2, 0.25) is 5.82 Å². The first kappa shape index (κ1) is 15.2. The summed E-state index contributed by atoms with van der Waals surface area (Å²) in [6.07, 6.45) is 4.37. The van der Waals surface area contributed by atoms with Crippen LogP contribution in [0.5, 0.6) is 11.5 Å². The topological polar surface area (TPSA) is 101 Å². The van der Waals surface area contributed by atoms with Gasteiger partial charge in [0.15, 0.2) is 11.5 Å². The summed E-state index contributed by atoms with van der Waals surface area (Å²) < 4.78 is 10.7. The number of carbonyl (C=O) groups is 1. The highest BCUT2D eigenvalue weighted by atomic mass is 16.5. The van der Waals surface area contributed by atoms with Gasteiger partial charge in [0.25, 0.3) is 0 Å². The van der Waals surface area contributed by atoms with Gasteiger partial charge >= 0.3 is 5.91 Å². The quantitative estimate of drug-likeness (QED) is 0.453. The van der Waals surface area contributed by atoms with Gasteiger partial charge in [-0.05, 0) is 23.8 Å². The minimum Gasteiger partial charge on any atom is -0.493 e. The van der Waals surface area contributed by atoms with Crippen LogP contribution >= 0.6 is 0 Å². The Morgan fingerprint density at radius 2 is 2.36 bits per heavy atom. The van der Waals surface area contributed by atoms with Gasteiger partial charge in [0.1, 0.15) is 12.9 Å². The predicted molar refractivity (Wildman–Crippen MR) is 80.1 cm³/mol. The van der Waals surface area contributed by atoms with Crippen molar-refractivity contribution in [1.29, 1.82) is 0 Å². The maximum Gasteiger partial charge on any atom is 0.308 e. The van der Waals surface area contributed by atoms with Crippen LogP contribution in [0.2, 0.25) is 0 Å². The van der Waals surface area contributed by atoms with E-state index in [4.69, 9.17) is 9.47 Å². The van der Waals surface area contributed by atoms with Crippen molar-refractivity contribution in [2.24, 2.45) is 5.10 Å². The summed E-state index contributed by atoms with van der Waals surface area (Å²) in [4.78, 5) is 15.3. The molecule has 1 amide bonds. The highest BCUT2D eigenvalue weighted by molar-refractivity contribution is 5.91. The van der Waals surface area contributed by atoms with Crippen molar-refractivity contribution < 1.29 is 14.3 Å². The monoisotopic (exact) mass is 301 g/mol. The number of methoxy groups -OCH3 is 1. The van der Waals surface area contributed by atoms with E-state index < -0.39 is 5.91 Å². The SMILES string of the molecule is C=CCOc1ccc(C=NNC(=O)c2ncn[nH]2)cc1OC. The molecular formula is C14H15N5O3. The maximum absolute atomic E-state index is 11.6. The highest BCUT2D eigenvalue weighted by Crippen LogP contribution is 2.27. The van der Waals surface area contributed by atoms with Crippen molar-refractivity contribution in [3.8, 4) is 11.5 Å². The zero-order valence-corrected chi connectivity index (χ0v) is 11.9. The van der Waals surface area contributed by atoms with Crippen LogP contribution in [0, 0.1) is 0 Å². The molecule has 0 aliphatic carbocycles. The fraction of sp³-hybridized carbons (Fsp3) is 0.143. The molecule has 114 valence electrons. The van der Waals surface area contributed by atoms with E-state index in [-0.39, 0.29) is 5.82 Å². The minimum atomic E-state index is -0.480. The Hall–Kier alpha value is -3.16. The Kier molecular flexibility index (Phi) is 5.25. The molecule has 0 saturated heterocycles. The number of nitrogens with one attached hydrogen (secondary N) is 2. The first-order valence-corrected chi connectivity index (χ1v) is 6.35. The Morgan fingerprint density at radius 3 is 3.05 bits per heavy atom. The molecule has 1 aromatic carbocycles. The van der Waals surface area contributed by atoms with Crippen LogP contribution in [0.3, 0.4) is 0 Å². The zero-order valence-electron chi connectivity index (χ0n) is 11.9. The average molecular weight is 301 g/mol. The minimum absolute atomic E-state index is 0.0860. The molecule has 2 aromatic rings. The number of hydrazone groups is 1. The van der Waals surface area contributed by atoms with E-state index in [0.717, 1.165) is 5.56 Å². The molecule has 1 heterocycles. The Labute approximate surface area is 126 Å². The normalized spacial score (nSPS) is 10.4. The number of carbonyl (C=O) groups excluding carboxylic acids is 1. The molecule has 0 saturated carbocycles. The average Bonchev–Trinajstić information content (AvgIpc) is 3.07. The fourth-order valence-corrected chi connectivity index (χ4v) is 1.57. The van der Waals surface area contributed by atoms with Crippen LogP contribution in [0.25, 0.3) is 0 Å². The molecule has 22 heavy (non-hydrogen) atoms.